The highest BCUT2D eigenvalue weighted by Gasteiger charge is 2.16. The van der Waals surface area contributed by atoms with Gasteiger partial charge in [0, 0.05) is 10.0 Å². The Labute approximate surface area is 130 Å². The van der Waals surface area contributed by atoms with E-state index in [2.05, 4.69) is 20.7 Å². The van der Waals surface area contributed by atoms with E-state index in [1.807, 2.05) is 0 Å². The largest absolute Gasteiger partial charge is 0.493 e. The van der Waals surface area contributed by atoms with Crippen molar-refractivity contribution >= 4 is 33.9 Å². The minimum absolute atomic E-state index is 0.0259. The number of carbonyl (C=O) groups excluding carboxylic acids is 1. The second-order valence-corrected chi connectivity index (χ2v) is 4.81. The summed E-state index contributed by atoms with van der Waals surface area (Å²) >= 11 is 3.34. The van der Waals surface area contributed by atoms with Gasteiger partial charge in [0.2, 0.25) is 0 Å². The molecular formula is C14H15BrO6. The van der Waals surface area contributed by atoms with Crippen LogP contribution >= 0.6 is 15.9 Å². The van der Waals surface area contributed by atoms with Gasteiger partial charge in [-0.3, -0.25) is 4.79 Å². The van der Waals surface area contributed by atoms with Crippen LogP contribution in [0.1, 0.15) is 12.0 Å². The maximum atomic E-state index is 11.6. The molecule has 0 heterocycles. The number of aliphatic carboxylic acids is 1. The summed E-state index contributed by atoms with van der Waals surface area (Å²) in [5.41, 5.74) is 0.604. The Morgan fingerprint density at radius 2 is 1.76 bits per heavy atom. The van der Waals surface area contributed by atoms with Gasteiger partial charge in [0.25, 0.3) is 0 Å². The molecule has 0 fully saturated rings. The second kappa shape index (κ2) is 7.68. The molecular weight excluding hydrogens is 344 g/mol. The molecule has 6 nitrogen and oxygen atoms in total. The van der Waals surface area contributed by atoms with Crippen molar-refractivity contribution < 1.29 is 28.9 Å². The molecule has 7 heteroatoms. The Balaban J connectivity index is 3.32. The van der Waals surface area contributed by atoms with Gasteiger partial charge in [-0.05, 0) is 23.8 Å². The summed E-state index contributed by atoms with van der Waals surface area (Å²) in [5.74, 6) is -0.840. The van der Waals surface area contributed by atoms with E-state index in [0.717, 1.165) is 0 Å². The molecule has 0 unspecified atom stereocenters. The molecule has 0 aliphatic rings. The third kappa shape index (κ3) is 4.49. The normalized spacial score (nSPS) is 11.0. The highest BCUT2D eigenvalue weighted by Crippen LogP contribution is 2.34. The number of hydrogen-bond acceptors (Lipinski definition) is 5. The van der Waals surface area contributed by atoms with Crippen LogP contribution in [0.4, 0.5) is 0 Å². The number of carbonyl (C=O) groups is 2. The highest BCUT2D eigenvalue weighted by atomic mass is 79.9. The fourth-order valence-corrected chi connectivity index (χ4v) is 2.08. The molecule has 1 N–H and O–H groups in total. The molecule has 0 saturated heterocycles. The van der Waals surface area contributed by atoms with Crippen molar-refractivity contribution in [3.8, 4) is 11.5 Å². The Morgan fingerprint density at radius 1 is 1.19 bits per heavy atom. The Bertz CT molecular complexity index is 579. The van der Waals surface area contributed by atoms with E-state index in [1.165, 1.54) is 27.4 Å². The van der Waals surface area contributed by atoms with Gasteiger partial charge in [-0.2, -0.15) is 0 Å². The molecule has 0 aliphatic carbocycles. The lowest BCUT2D eigenvalue weighted by molar-refractivity contribution is -0.141. The van der Waals surface area contributed by atoms with E-state index in [-0.39, 0.29) is 5.57 Å². The lowest BCUT2D eigenvalue weighted by Crippen LogP contribution is -2.09. The molecule has 1 rings (SSSR count). The predicted molar refractivity (Wildman–Crippen MR) is 79.5 cm³/mol. The topological polar surface area (TPSA) is 82.1 Å². The molecule has 1 aromatic rings. The van der Waals surface area contributed by atoms with Crippen molar-refractivity contribution in [2.24, 2.45) is 0 Å². The third-order valence-electron chi connectivity index (χ3n) is 2.62. The van der Waals surface area contributed by atoms with Crippen LogP contribution < -0.4 is 9.47 Å². The zero-order valence-corrected chi connectivity index (χ0v) is 13.4. The maximum Gasteiger partial charge on any atom is 0.334 e. The van der Waals surface area contributed by atoms with Crippen LogP contribution in [0.25, 0.3) is 6.08 Å². The smallest absolute Gasteiger partial charge is 0.334 e. The van der Waals surface area contributed by atoms with Crippen LogP contribution in [0.3, 0.4) is 0 Å². The molecule has 0 spiro atoms. The van der Waals surface area contributed by atoms with E-state index in [4.69, 9.17) is 14.6 Å². The van der Waals surface area contributed by atoms with Gasteiger partial charge in [-0.15, -0.1) is 0 Å². The van der Waals surface area contributed by atoms with E-state index < -0.39 is 18.4 Å². The fourth-order valence-electron chi connectivity index (χ4n) is 1.64. The van der Waals surface area contributed by atoms with Gasteiger partial charge in [0.1, 0.15) is 0 Å². The van der Waals surface area contributed by atoms with Crippen molar-refractivity contribution in [3.05, 3.63) is 27.7 Å². The Hall–Kier alpha value is -2.02. The first-order valence-electron chi connectivity index (χ1n) is 5.85. The summed E-state index contributed by atoms with van der Waals surface area (Å²) in [6.07, 6.45) is 0.999. The first kappa shape index (κ1) is 17.0. The van der Waals surface area contributed by atoms with Gasteiger partial charge in [0.05, 0.1) is 27.8 Å². The molecule has 1 aromatic carbocycles. The molecule has 0 amide bonds. The summed E-state index contributed by atoms with van der Waals surface area (Å²) < 4.78 is 15.5. The van der Waals surface area contributed by atoms with Gasteiger partial charge < -0.3 is 19.3 Å². The summed E-state index contributed by atoms with van der Waals surface area (Å²) in [7, 11) is 4.18. The Morgan fingerprint density at radius 3 is 2.24 bits per heavy atom. The molecule has 0 radical (unpaired) electrons. The van der Waals surface area contributed by atoms with Gasteiger partial charge in [0.15, 0.2) is 11.5 Å². The van der Waals surface area contributed by atoms with Crippen molar-refractivity contribution in [1.82, 2.24) is 0 Å². The average Bonchev–Trinajstić information content (AvgIpc) is 2.46. The van der Waals surface area contributed by atoms with Crippen LogP contribution in [0.5, 0.6) is 11.5 Å². The van der Waals surface area contributed by atoms with Crippen LogP contribution in [-0.2, 0) is 14.3 Å². The van der Waals surface area contributed by atoms with E-state index in [9.17, 15) is 9.59 Å². The molecule has 0 atom stereocenters. The molecule has 0 bridgehead atoms. The number of halogens is 1. The average molecular weight is 359 g/mol. The van der Waals surface area contributed by atoms with Gasteiger partial charge in [-0.25, -0.2) is 4.79 Å². The minimum atomic E-state index is -1.12. The number of carboxylic acids is 1. The monoisotopic (exact) mass is 358 g/mol. The first-order chi connectivity index (χ1) is 9.92. The summed E-state index contributed by atoms with van der Waals surface area (Å²) in [6.45, 7) is 0. The third-order valence-corrected chi connectivity index (χ3v) is 3.31. The number of methoxy groups -OCH3 is 3. The molecule has 0 aromatic heterocycles. The highest BCUT2D eigenvalue weighted by molar-refractivity contribution is 9.10. The minimum Gasteiger partial charge on any atom is -0.493 e. The summed E-state index contributed by atoms with van der Waals surface area (Å²) in [5, 5.41) is 8.85. The number of benzene rings is 1. The molecule has 0 aliphatic heterocycles. The van der Waals surface area contributed by atoms with Crippen LogP contribution in [0, 0.1) is 0 Å². The number of hydrogen-bond donors (Lipinski definition) is 1. The van der Waals surface area contributed by atoms with E-state index in [1.54, 1.807) is 12.1 Å². The first-order valence-corrected chi connectivity index (χ1v) is 6.64. The van der Waals surface area contributed by atoms with Crippen molar-refractivity contribution in [2.45, 2.75) is 6.42 Å². The summed E-state index contributed by atoms with van der Waals surface area (Å²) in [4.78, 5) is 22.4. The standard InChI is InChI=1S/C14H15BrO6/c1-19-11-5-8(10(15)7-12(11)20-2)4-9(6-13(16)17)14(18)21-3/h4-5,7H,6H2,1-3H3,(H,16,17). The van der Waals surface area contributed by atoms with Crippen LogP contribution in [-0.4, -0.2) is 38.4 Å². The Kier molecular flexibility index (Phi) is 6.23. The van der Waals surface area contributed by atoms with Gasteiger partial charge >= 0.3 is 11.9 Å². The lowest BCUT2D eigenvalue weighted by atomic mass is 10.1. The predicted octanol–water partition coefficient (Wildman–Crippen LogP) is 2.50. The van der Waals surface area contributed by atoms with Crippen LogP contribution in [0.2, 0.25) is 0 Å². The number of rotatable bonds is 6. The van der Waals surface area contributed by atoms with Gasteiger partial charge in [-0.1, -0.05) is 15.9 Å². The lowest BCUT2D eigenvalue weighted by Gasteiger charge is -2.11. The second-order valence-electron chi connectivity index (χ2n) is 3.96. The number of esters is 1. The number of ether oxygens (including phenoxy) is 3. The van der Waals surface area contributed by atoms with Crippen molar-refractivity contribution in [3.63, 3.8) is 0 Å². The molecule has 0 saturated carbocycles. The SMILES string of the molecule is COC(=O)C(=Cc1cc(OC)c(OC)cc1Br)CC(=O)O. The van der Waals surface area contributed by atoms with Crippen molar-refractivity contribution in [1.29, 1.82) is 0 Å². The molecule has 114 valence electrons. The quantitative estimate of drug-likeness (QED) is 0.621. The van der Waals surface area contributed by atoms with E-state index >= 15 is 0 Å². The maximum absolute atomic E-state index is 11.6. The van der Waals surface area contributed by atoms with Crippen LogP contribution in [0.15, 0.2) is 22.2 Å². The number of carboxylic acid groups (broad SMARTS) is 1. The van der Waals surface area contributed by atoms with Crippen molar-refractivity contribution in [2.75, 3.05) is 21.3 Å². The zero-order valence-electron chi connectivity index (χ0n) is 11.8. The zero-order chi connectivity index (χ0) is 16.0. The fraction of sp³-hybridized carbons (Fsp3) is 0.286. The molecule has 21 heavy (non-hydrogen) atoms. The summed E-state index contributed by atoms with van der Waals surface area (Å²) in [6, 6.07) is 3.30. The van der Waals surface area contributed by atoms with E-state index in [0.29, 0.717) is 21.5 Å².